The third-order valence-electron chi connectivity index (χ3n) is 4.22. The van der Waals surface area contributed by atoms with Crippen LogP contribution in [0.4, 0.5) is 13.2 Å². The zero-order chi connectivity index (χ0) is 20.8. The maximum Gasteiger partial charge on any atom is 0.416 e. The van der Waals surface area contributed by atoms with Crippen LogP contribution in [0.5, 0.6) is 0 Å². The van der Waals surface area contributed by atoms with E-state index in [0.717, 1.165) is 18.4 Å². The molecule has 0 aliphatic carbocycles. The number of para-hydroxylation sites is 2. The summed E-state index contributed by atoms with van der Waals surface area (Å²) in [7, 11) is -3.65. The molecule has 0 amide bonds. The van der Waals surface area contributed by atoms with Crippen LogP contribution in [-0.2, 0) is 22.6 Å². The van der Waals surface area contributed by atoms with Gasteiger partial charge >= 0.3 is 6.18 Å². The fourth-order valence-corrected chi connectivity index (χ4v) is 3.75. The molecule has 0 unspecified atom stereocenters. The third kappa shape index (κ3) is 3.58. The van der Waals surface area contributed by atoms with Gasteiger partial charge in [-0.15, -0.1) is 5.10 Å². The second kappa shape index (κ2) is 6.65. The molecule has 0 radical (unpaired) electrons. The average Bonchev–Trinajstić information content (AvgIpc) is 3.26. The minimum Gasteiger partial charge on any atom is -0.307 e. The number of hydrogen-bond donors (Lipinski definition) is 0. The Balaban J connectivity index is 1.78. The Bertz CT molecular complexity index is 1290. The van der Waals surface area contributed by atoms with Gasteiger partial charge in [0.25, 0.3) is 0 Å². The van der Waals surface area contributed by atoms with E-state index in [2.05, 4.69) is 20.5 Å². The van der Waals surface area contributed by atoms with Gasteiger partial charge in [-0.05, 0) is 46.8 Å². The first-order valence-electron chi connectivity index (χ1n) is 8.25. The molecule has 2 heterocycles. The van der Waals surface area contributed by atoms with E-state index in [1.54, 1.807) is 24.3 Å². The number of tetrazole rings is 1. The number of rotatable bonds is 4. The first kappa shape index (κ1) is 19.1. The second-order valence-corrected chi connectivity index (χ2v) is 8.20. The number of aromatic nitrogens is 6. The van der Waals surface area contributed by atoms with Crippen molar-refractivity contribution in [3.63, 3.8) is 0 Å². The molecule has 12 heteroatoms. The van der Waals surface area contributed by atoms with Crippen molar-refractivity contribution in [3.8, 4) is 5.69 Å². The van der Waals surface area contributed by atoms with E-state index < -0.39 is 21.6 Å². The average molecular weight is 422 g/mol. The summed E-state index contributed by atoms with van der Waals surface area (Å²) < 4.78 is 65.4. The lowest BCUT2D eigenvalue weighted by Gasteiger charge is -2.10. The molecule has 0 aliphatic rings. The minimum atomic E-state index is -4.46. The molecular formula is C17H13F3N6O2S. The van der Waals surface area contributed by atoms with Crippen LogP contribution in [0.15, 0.2) is 53.7 Å². The van der Waals surface area contributed by atoms with Crippen LogP contribution >= 0.6 is 0 Å². The summed E-state index contributed by atoms with van der Waals surface area (Å²) in [6, 6.07) is 11.2. The molecular weight excluding hydrogens is 409 g/mol. The van der Waals surface area contributed by atoms with Crippen molar-refractivity contribution in [2.75, 3.05) is 6.26 Å². The number of benzene rings is 2. The van der Waals surface area contributed by atoms with Crippen molar-refractivity contribution in [3.05, 3.63) is 59.9 Å². The fourth-order valence-electron chi connectivity index (χ4n) is 2.93. The molecule has 0 saturated heterocycles. The first-order valence-corrected chi connectivity index (χ1v) is 10.1. The van der Waals surface area contributed by atoms with Crippen LogP contribution in [0.2, 0.25) is 0 Å². The van der Waals surface area contributed by atoms with E-state index >= 15 is 0 Å². The molecule has 2 aromatic carbocycles. The maximum atomic E-state index is 12.8. The van der Waals surface area contributed by atoms with Crippen LogP contribution < -0.4 is 0 Å². The van der Waals surface area contributed by atoms with Crippen LogP contribution in [0, 0.1) is 0 Å². The van der Waals surface area contributed by atoms with Gasteiger partial charge in [-0.25, -0.2) is 13.4 Å². The van der Waals surface area contributed by atoms with E-state index in [9.17, 15) is 21.6 Å². The summed E-state index contributed by atoms with van der Waals surface area (Å²) in [6.45, 7) is -0.0447. The highest BCUT2D eigenvalue weighted by molar-refractivity contribution is 7.90. The zero-order valence-corrected chi connectivity index (χ0v) is 15.7. The number of halogens is 3. The van der Waals surface area contributed by atoms with Crippen molar-refractivity contribution in [1.29, 1.82) is 0 Å². The van der Waals surface area contributed by atoms with Crippen molar-refractivity contribution in [2.45, 2.75) is 17.9 Å². The number of alkyl halides is 3. The molecule has 0 spiro atoms. The molecule has 0 N–H and O–H groups in total. The minimum absolute atomic E-state index is 0.0447. The van der Waals surface area contributed by atoms with E-state index in [1.807, 2.05) is 0 Å². The Labute approximate surface area is 162 Å². The molecule has 8 nitrogen and oxygen atoms in total. The van der Waals surface area contributed by atoms with E-state index in [4.69, 9.17) is 0 Å². The van der Waals surface area contributed by atoms with Gasteiger partial charge in [-0.2, -0.15) is 17.9 Å². The molecule has 29 heavy (non-hydrogen) atoms. The summed E-state index contributed by atoms with van der Waals surface area (Å²) in [6.07, 6.45) is -3.41. The number of fused-ring (bicyclic) bond motifs is 1. The molecule has 0 saturated carbocycles. The molecule has 0 aliphatic heterocycles. The number of imidazole rings is 1. The van der Waals surface area contributed by atoms with E-state index in [-0.39, 0.29) is 17.5 Å². The largest absolute Gasteiger partial charge is 0.416 e. The van der Waals surface area contributed by atoms with E-state index in [1.165, 1.54) is 21.4 Å². The Morgan fingerprint density at radius 2 is 1.72 bits per heavy atom. The Hall–Kier alpha value is -3.28. The Morgan fingerprint density at radius 3 is 2.38 bits per heavy atom. The molecule has 0 fully saturated rings. The summed E-state index contributed by atoms with van der Waals surface area (Å²) in [5, 5.41) is 11.2. The quantitative estimate of drug-likeness (QED) is 0.501. The highest BCUT2D eigenvalue weighted by Crippen LogP contribution is 2.29. The number of hydrogen-bond acceptors (Lipinski definition) is 6. The van der Waals surface area contributed by atoms with E-state index in [0.29, 0.717) is 16.7 Å². The molecule has 2 aromatic heterocycles. The molecule has 4 aromatic rings. The molecule has 0 atom stereocenters. The second-order valence-electron chi connectivity index (χ2n) is 6.29. The monoisotopic (exact) mass is 422 g/mol. The van der Waals surface area contributed by atoms with Crippen molar-refractivity contribution >= 4 is 20.9 Å². The summed E-state index contributed by atoms with van der Waals surface area (Å²) in [5.74, 6) is 0.234. The Kier molecular flexibility index (Phi) is 4.37. The highest BCUT2D eigenvalue weighted by Gasteiger charge is 2.30. The van der Waals surface area contributed by atoms with Gasteiger partial charge in [-0.3, -0.25) is 0 Å². The Morgan fingerprint density at radius 1 is 1.03 bits per heavy atom. The lowest BCUT2D eigenvalue weighted by molar-refractivity contribution is -0.137. The van der Waals surface area contributed by atoms with Crippen molar-refractivity contribution in [2.24, 2.45) is 0 Å². The summed E-state index contributed by atoms with van der Waals surface area (Å²) in [4.78, 5) is 4.18. The third-order valence-corrected chi connectivity index (χ3v) is 5.20. The maximum absolute atomic E-state index is 12.8. The van der Waals surface area contributed by atoms with Gasteiger partial charge in [-0.1, -0.05) is 12.1 Å². The lowest BCUT2D eigenvalue weighted by Crippen LogP contribution is -2.14. The van der Waals surface area contributed by atoms with Crippen LogP contribution in [0.1, 0.15) is 11.4 Å². The number of nitrogens with zero attached hydrogens (tertiary/aromatic N) is 6. The van der Waals surface area contributed by atoms with Gasteiger partial charge in [0.05, 0.1) is 28.8 Å². The van der Waals surface area contributed by atoms with Gasteiger partial charge in [0.1, 0.15) is 0 Å². The highest BCUT2D eigenvalue weighted by atomic mass is 32.2. The van der Waals surface area contributed by atoms with Crippen LogP contribution in [-0.4, -0.2) is 44.4 Å². The molecule has 4 rings (SSSR count). The molecule has 0 bridgehead atoms. The van der Waals surface area contributed by atoms with Crippen molar-refractivity contribution < 1.29 is 21.6 Å². The van der Waals surface area contributed by atoms with Gasteiger partial charge in [0, 0.05) is 6.26 Å². The van der Waals surface area contributed by atoms with Gasteiger partial charge in [0.2, 0.25) is 15.0 Å². The summed E-state index contributed by atoms with van der Waals surface area (Å²) >= 11 is 0. The fraction of sp³-hybridized carbons (Fsp3) is 0.176. The van der Waals surface area contributed by atoms with Crippen LogP contribution in [0.25, 0.3) is 16.7 Å². The lowest BCUT2D eigenvalue weighted by atomic mass is 10.2. The smallest absolute Gasteiger partial charge is 0.307 e. The predicted molar refractivity (Wildman–Crippen MR) is 96.1 cm³/mol. The standard InChI is InChI=1S/C17H13F3N6O2S/c1-29(27,28)16-21-13-4-2-3-5-14(13)25(16)10-15-22-23-24-26(15)12-8-6-11(7-9-12)17(18,19)20/h2-9H,10H2,1H3. The zero-order valence-electron chi connectivity index (χ0n) is 14.9. The topological polar surface area (TPSA) is 95.6 Å². The van der Waals surface area contributed by atoms with Gasteiger partial charge < -0.3 is 4.57 Å². The molecule has 150 valence electrons. The normalized spacial score (nSPS) is 12.6. The predicted octanol–water partition coefficient (Wildman–Crippen LogP) is 2.48. The summed E-state index contributed by atoms with van der Waals surface area (Å²) in [5.41, 5.74) is 0.565. The van der Waals surface area contributed by atoms with Crippen molar-refractivity contribution in [1.82, 2.24) is 29.8 Å². The first-order chi connectivity index (χ1) is 13.6. The SMILES string of the molecule is CS(=O)(=O)c1nc2ccccc2n1Cc1nnnn1-c1ccc(C(F)(F)F)cc1. The van der Waals surface area contributed by atoms with Crippen LogP contribution in [0.3, 0.4) is 0 Å². The number of sulfone groups is 1. The van der Waals surface area contributed by atoms with Gasteiger partial charge in [0.15, 0.2) is 5.82 Å².